The van der Waals surface area contributed by atoms with Gasteiger partial charge in [0.2, 0.25) is 5.91 Å². The number of nitrogens with one attached hydrogen (secondary N) is 2. The third-order valence-corrected chi connectivity index (χ3v) is 2.88. The molecular formula is C16H16N4O. The maximum absolute atomic E-state index is 11.7. The van der Waals surface area contributed by atoms with Gasteiger partial charge < -0.3 is 10.6 Å². The highest BCUT2D eigenvalue weighted by Gasteiger charge is 2.01. The zero-order valence-electron chi connectivity index (χ0n) is 11.5. The summed E-state index contributed by atoms with van der Waals surface area (Å²) >= 11 is 0. The van der Waals surface area contributed by atoms with Crippen LogP contribution in [-0.2, 0) is 11.3 Å². The second-order valence-corrected chi connectivity index (χ2v) is 4.48. The van der Waals surface area contributed by atoms with Crippen molar-refractivity contribution in [1.82, 2.24) is 10.3 Å². The Morgan fingerprint density at radius 2 is 2.00 bits per heavy atom. The Balaban J connectivity index is 1.68. The van der Waals surface area contributed by atoms with Crippen molar-refractivity contribution in [3.8, 4) is 6.07 Å². The van der Waals surface area contributed by atoms with Gasteiger partial charge in [0.05, 0.1) is 5.56 Å². The molecule has 1 aromatic carbocycles. The number of anilines is 1. The fourth-order valence-electron chi connectivity index (χ4n) is 1.75. The first-order valence-electron chi connectivity index (χ1n) is 6.68. The molecule has 5 heteroatoms. The lowest BCUT2D eigenvalue weighted by Crippen LogP contribution is -2.24. The minimum Gasteiger partial charge on any atom is -0.370 e. The predicted octanol–water partition coefficient (Wildman–Crippen LogP) is 2.07. The Morgan fingerprint density at radius 1 is 1.19 bits per heavy atom. The molecule has 5 nitrogen and oxygen atoms in total. The van der Waals surface area contributed by atoms with E-state index in [4.69, 9.17) is 5.26 Å². The Bertz CT molecular complexity index is 617. The van der Waals surface area contributed by atoms with Crippen LogP contribution in [-0.4, -0.2) is 17.4 Å². The number of aromatic nitrogens is 1. The topological polar surface area (TPSA) is 77.8 Å². The monoisotopic (exact) mass is 280 g/mol. The van der Waals surface area contributed by atoms with Crippen molar-refractivity contribution in [2.24, 2.45) is 0 Å². The Hall–Kier alpha value is -2.87. The van der Waals surface area contributed by atoms with Gasteiger partial charge in [-0.25, -0.2) is 4.98 Å². The van der Waals surface area contributed by atoms with Crippen LogP contribution in [0.2, 0.25) is 0 Å². The van der Waals surface area contributed by atoms with E-state index in [1.54, 1.807) is 12.1 Å². The van der Waals surface area contributed by atoms with Crippen LogP contribution in [0.5, 0.6) is 0 Å². The third kappa shape index (κ3) is 4.96. The maximum atomic E-state index is 11.7. The SMILES string of the molecule is N#Cc1ccc(NCCC(=O)NCc2ccccc2)nc1. The van der Waals surface area contributed by atoms with Gasteiger partial charge in [0.1, 0.15) is 11.9 Å². The number of hydrogen-bond acceptors (Lipinski definition) is 4. The second kappa shape index (κ2) is 7.65. The minimum atomic E-state index is -0.0139. The number of amides is 1. The molecule has 106 valence electrons. The second-order valence-electron chi connectivity index (χ2n) is 4.48. The van der Waals surface area contributed by atoms with E-state index in [0.717, 1.165) is 5.56 Å². The lowest BCUT2D eigenvalue weighted by atomic mass is 10.2. The Labute approximate surface area is 123 Å². The summed E-state index contributed by atoms with van der Waals surface area (Å²) in [5, 5.41) is 14.6. The number of carbonyl (C=O) groups excluding carboxylic acids is 1. The fraction of sp³-hybridized carbons (Fsp3) is 0.188. The Morgan fingerprint density at radius 3 is 2.67 bits per heavy atom. The van der Waals surface area contributed by atoms with Crippen molar-refractivity contribution < 1.29 is 4.79 Å². The molecule has 2 rings (SSSR count). The standard InChI is InChI=1S/C16H16N4O/c17-10-14-6-7-15(19-12-14)18-9-8-16(21)20-11-13-4-2-1-3-5-13/h1-7,12H,8-9,11H2,(H,18,19)(H,20,21). The molecule has 2 N–H and O–H groups in total. The highest BCUT2D eigenvalue weighted by Crippen LogP contribution is 2.04. The van der Waals surface area contributed by atoms with Crippen molar-refractivity contribution in [3.63, 3.8) is 0 Å². The van der Waals surface area contributed by atoms with Crippen LogP contribution in [0, 0.1) is 11.3 Å². The Kier molecular flexibility index (Phi) is 5.30. The quantitative estimate of drug-likeness (QED) is 0.849. The van der Waals surface area contributed by atoms with Crippen LogP contribution >= 0.6 is 0 Å². The van der Waals surface area contributed by atoms with Crippen LogP contribution in [0.15, 0.2) is 48.7 Å². The molecule has 0 spiro atoms. The third-order valence-electron chi connectivity index (χ3n) is 2.88. The van der Waals surface area contributed by atoms with Gasteiger partial charge in [-0.2, -0.15) is 5.26 Å². The van der Waals surface area contributed by atoms with Crippen LogP contribution in [0.3, 0.4) is 0 Å². The van der Waals surface area contributed by atoms with E-state index in [-0.39, 0.29) is 5.91 Å². The number of pyridine rings is 1. The van der Waals surface area contributed by atoms with E-state index in [1.165, 1.54) is 6.20 Å². The van der Waals surface area contributed by atoms with Gasteiger partial charge in [0.25, 0.3) is 0 Å². The molecule has 0 atom stereocenters. The summed E-state index contributed by atoms with van der Waals surface area (Å²) < 4.78 is 0. The number of rotatable bonds is 6. The summed E-state index contributed by atoms with van der Waals surface area (Å²) in [4.78, 5) is 15.8. The number of carbonyl (C=O) groups is 1. The molecule has 1 amide bonds. The lowest BCUT2D eigenvalue weighted by molar-refractivity contribution is -0.121. The van der Waals surface area contributed by atoms with Gasteiger partial charge in [-0.15, -0.1) is 0 Å². The van der Waals surface area contributed by atoms with Gasteiger partial charge in [0.15, 0.2) is 0 Å². The van der Waals surface area contributed by atoms with E-state index in [1.807, 2.05) is 36.4 Å². The molecule has 0 radical (unpaired) electrons. The molecule has 0 aliphatic carbocycles. The van der Waals surface area contributed by atoms with Crippen LogP contribution in [0.25, 0.3) is 0 Å². The van der Waals surface area contributed by atoms with Crippen molar-refractivity contribution in [2.45, 2.75) is 13.0 Å². The summed E-state index contributed by atoms with van der Waals surface area (Å²) in [6.07, 6.45) is 1.87. The highest BCUT2D eigenvalue weighted by atomic mass is 16.1. The highest BCUT2D eigenvalue weighted by molar-refractivity contribution is 5.76. The molecule has 0 saturated heterocycles. The first kappa shape index (κ1) is 14.5. The summed E-state index contributed by atoms with van der Waals surface area (Å²) in [5.41, 5.74) is 1.59. The lowest BCUT2D eigenvalue weighted by Gasteiger charge is -2.07. The summed E-state index contributed by atoms with van der Waals surface area (Å²) in [5.74, 6) is 0.643. The normalized spacial score (nSPS) is 9.67. The summed E-state index contributed by atoms with van der Waals surface area (Å²) in [6.45, 7) is 1.04. The maximum Gasteiger partial charge on any atom is 0.222 e. The molecule has 2 aromatic rings. The summed E-state index contributed by atoms with van der Waals surface area (Å²) in [6, 6.07) is 15.2. The summed E-state index contributed by atoms with van der Waals surface area (Å²) in [7, 11) is 0. The molecule has 21 heavy (non-hydrogen) atoms. The van der Waals surface area contributed by atoms with Gasteiger partial charge in [-0.05, 0) is 17.7 Å². The van der Waals surface area contributed by atoms with Gasteiger partial charge in [0, 0.05) is 25.7 Å². The zero-order chi connectivity index (χ0) is 14.9. The van der Waals surface area contributed by atoms with Gasteiger partial charge in [-0.1, -0.05) is 30.3 Å². The number of hydrogen-bond donors (Lipinski definition) is 2. The molecule has 1 aromatic heterocycles. The minimum absolute atomic E-state index is 0.0139. The van der Waals surface area contributed by atoms with Crippen molar-refractivity contribution in [3.05, 3.63) is 59.8 Å². The van der Waals surface area contributed by atoms with E-state index < -0.39 is 0 Å². The largest absolute Gasteiger partial charge is 0.370 e. The van der Waals surface area contributed by atoms with Crippen LogP contribution in [0.4, 0.5) is 5.82 Å². The van der Waals surface area contributed by atoms with E-state index >= 15 is 0 Å². The zero-order valence-corrected chi connectivity index (χ0v) is 11.5. The number of benzene rings is 1. The molecular weight excluding hydrogens is 264 g/mol. The van der Waals surface area contributed by atoms with Gasteiger partial charge in [-0.3, -0.25) is 4.79 Å². The average Bonchev–Trinajstić information content (AvgIpc) is 2.54. The first-order valence-corrected chi connectivity index (χ1v) is 6.68. The molecule has 0 aliphatic rings. The smallest absolute Gasteiger partial charge is 0.222 e. The molecule has 1 heterocycles. The molecule has 0 bridgehead atoms. The average molecular weight is 280 g/mol. The predicted molar refractivity (Wildman–Crippen MR) is 80.3 cm³/mol. The number of nitrogens with zero attached hydrogens (tertiary/aromatic N) is 2. The van der Waals surface area contributed by atoms with Crippen LogP contribution in [0.1, 0.15) is 17.5 Å². The fourth-order valence-corrected chi connectivity index (χ4v) is 1.75. The molecule has 0 aliphatic heterocycles. The van der Waals surface area contributed by atoms with E-state index in [2.05, 4.69) is 15.6 Å². The van der Waals surface area contributed by atoms with Crippen LogP contribution < -0.4 is 10.6 Å². The van der Waals surface area contributed by atoms with E-state index in [9.17, 15) is 4.79 Å². The molecule has 0 saturated carbocycles. The van der Waals surface area contributed by atoms with Crippen molar-refractivity contribution >= 4 is 11.7 Å². The number of nitriles is 1. The molecule has 0 fully saturated rings. The van der Waals surface area contributed by atoms with Gasteiger partial charge >= 0.3 is 0 Å². The first-order chi connectivity index (χ1) is 10.3. The van der Waals surface area contributed by atoms with E-state index in [0.29, 0.717) is 30.9 Å². The van der Waals surface area contributed by atoms with Crippen molar-refractivity contribution in [2.75, 3.05) is 11.9 Å². The van der Waals surface area contributed by atoms with Crippen molar-refractivity contribution in [1.29, 1.82) is 5.26 Å². The molecule has 0 unspecified atom stereocenters.